The molecule has 0 aromatic carbocycles. The summed E-state index contributed by atoms with van der Waals surface area (Å²) < 4.78 is 0. The SMILES string of the molecule is CSCC[C@@H](N)C(=O)NC1CC(C)CC(C)C1. The summed E-state index contributed by atoms with van der Waals surface area (Å²) in [6.07, 6.45) is 6.29. The number of nitrogens with one attached hydrogen (secondary N) is 1. The Hall–Kier alpha value is -0.220. The third-order valence-corrected chi connectivity index (χ3v) is 4.14. The molecule has 1 aliphatic rings. The summed E-state index contributed by atoms with van der Waals surface area (Å²) in [5.41, 5.74) is 5.86. The summed E-state index contributed by atoms with van der Waals surface area (Å²) in [6.45, 7) is 4.53. The molecule has 4 heteroatoms. The molecule has 3 N–H and O–H groups in total. The molecular formula is C13H26N2OS. The van der Waals surface area contributed by atoms with Crippen LogP contribution < -0.4 is 11.1 Å². The molecular weight excluding hydrogens is 232 g/mol. The van der Waals surface area contributed by atoms with Crippen LogP contribution in [-0.2, 0) is 4.79 Å². The second-order valence-electron chi connectivity index (χ2n) is 5.51. The summed E-state index contributed by atoms with van der Waals surface area (Å²) >= 11 is 1.73. The van der Waals surface area contributed by atoms with E-state index in [1.807, 2.05) is 6.26 Å². The molecule has 1 fully saturated rings. The van der Waals surface area contributed by atoms with Gasteiger partial charge in [-0.1, -0.05) is 13.8 Å². The van der Waals surface area contributed by atoms with Crippen LogP contribution in [0.5, 0.6) is 0 Å². The van der Waals surface area contributed by atoms with Crippen LogP contribution in [0.1, 0.15) is 39.5 Å². The Bertz CT molecular complexity index is 238. The van der Waals surface area contributed by atoms with Crippen molar-refractivity contribution in [1.29, 1.82) is 0 Å². The molecule has 1 aliphatic carbocycles. The lowest BCUT2D eigenvalue weighted by molar-refractivity contribution is -0.123. The van der Waals surface area contributed by atoms with Crippen molar-refractivity contribution in [2.24, 2.45) is 17.6 Å². The highest BCUT2D eigenvalue weighted by Gasteiger charge is 2.26. The van der Waals surface area contributed by atoms with Gasteiger partial charge in [0.25, 0.3) is 0 Å². The van der Waals surface area contributed by atoms with Crippen molar-refractivity contribution in [1.82, 2.24) is 5.32 Å². The summed E-state index contributed by atoms with van der Waals surface area (Å²) in [4.78, 5) is 11.9. The molecule has 3 atom stereocenters. The highest BCUT2D eigenvalue weighted by molar-refractivity contribution is 7.98. The molecule has 0 aliphatic heterocycles. The van der Waals surface area contributed by atoms with Crippen molar-refractivity contribution in [2.45, 2.75) is 51.6 Å². The first-order chi connectivity index (χ1) is 8.02. The average molecular weight is 258 g/mol. The van der Waals surface area contributed by atoms with Crippen LogP contribution in [0.25, 0.3) is 0 Å². The maximum atomic E-state index is 11.9. The molecule has 0 bridgehead atoms. The Morgan fingerprint density at radius 3 is 2.47 bits per heavy atom. The van der Waals surface area contributed by atoms with Gasteiger partial charge in [0, 0.05) is 6.04 Å². The Labute approximate surface area is 109 Å². The average Bonchev–Trinajstić information content (AvgIpc) is 2.24. The van der Waals surface area contributed by atoms with Crippen molar-refractivity contribution in [3.63, 3.8) is 0 Å². The molecule has 0 spiro atoms. The van der Waals surface area contributed by atoms with Crippen molar-refractivity contribution in [3.05, 3.63) is 0 Å². The first-order valence-corrected chi connectivity index (χ1v) is 7.97. The lowest BCUT2D eigenvalue weighted by atomic mass is 9.80. The van der Waals surface area contributed by atoms with Crippen molar-refractivity contribution in [2.75, 3.05) is 12.0 Å². The number of hydrogen-bond donors (Lipinski definition) is 2. The second-order valence-corrected chi connectivity index (χ2v) is 6.50. The van der Waals surface area contributed by atoms with E-state index in [-0.39, 0.29) is 11.9 Å². The van der Waals surface area contributed by atoms with E-state index in [1.165, 1.54) is 6.42 Å². The van der Waals surface area contributed by atoms with Gasteiger partial charge >= 0.3 is 0 Å². The molecule has 17 heavy (non-hydrogen) atoms. The fraction of sp³-hybridized carbons (Fsp3) is 0.923. The fourth-order valence-electron chi connectivity index (χ4n) is 2.75. The quantitative estimate of drug-likeness (QED) is 0.793. The highest BCUT2D eigenvalue weighted by Crippen LogP contribution is 2.28. The van der Waals surface area contributed by atoms with Gasteiger partial charge in [-0.15, -0.1) is 0 Å². The minimum Gasteiger partial charge on any atom is -0.352 e. The van der Waals surface area contributed by atoms with Crippen LogP contribution in [0.4, 0.5) is 0 Å². The number of carbonyl (C=O) groups is 1. The lowest BCUT2D eigenvalue weighted by Crippen LogP contribution is -2.47. The second kappa shape index (κ2) is 7.27. The van der Waals surface area contributed by atoms with E-state index in [4.69, 9.17) is 5.73 Å². The van der Waals surface area contributed by atoms with E-state index in [9.17, 15) is 4.79 Å². The molecule has 1 amide bonds. The van der Waals surface area contributed by atoms with Gasteiger partial charge in [-0.05, 0) is 49.5 Å². The van der Waals surface area contributed by atoms with Crippen LogP contribution in [0.2, 0.25) is 0 Å². The zero-order valence-electron chi connectivity index (χ0n) is 11.2. The van der Waals surface area contributed by atoms with Crippen molar-refractivity contribution >= 4 is 17.7 Å². The fourth-order valence-corrected chi connectivity index (χ4v) is 3.24. The maximum absolute atomic E-state index is 11.9. The van der Waals surface area contributed by atoms with Crippen LogP contribution in [0, 0.1) is 11.8 Å². The van der Waals surface area contributed by atoms with Crippen LogP contribution >= 0.6 is 11.8 Å². The van der Waals surface area contributed by atoms with E-state index >= 15 is 0 Å². The first kappa shape index (κ1) is 14.8. The molecule has 0 heterocycles. The predicted octanol–water partition coefficient (Wildman–Crippen LogP) is 2.01. The van der Waals surface area contributed by atoms with E-state index in [1.54, 1.807) is 11.8 Å². The lowest BCUT2D eigenvalue weighted by Gasteiger charge is -2.32. The monoisotopic (exact) mass is 258 g/mol. The third-order valence-electron chi connectivity index (χ3n) is 3.49. The van der Waals surface area contributed by atoms with Crippen molar-refractivity contribution in [3.8, 4) is 0 Å². The molecule has 0 aromatic heterocycles. The molecule has 1 rings (SSSR count). The van der Waals surface area contributed by atoms with Gasteiger partial charge in [0.15, 0.2) is 0 Å². The van der Waals surface area contributed by atoms with Crippen LogP contribution in [-0.4, -0.2) is 30.0 Å². The minimum absolute atomic E-state index is 0.0327. The number of hydrogen-bond acceptors (Lipinski definition) is 3. The number of nitrogens with two attached hydrogens (primary N) is 1. The summed E-state index contributed by atoms with van der Waals surface area (Å²) in [5.74, 6) is 2.41. The number of carbonyl (C=O) groups excluding carboxylic acids is 1. The Balaban J connectivity index is 2.34. The van der Waals surface area contributed by atoms with Gasteiger partial charge < -0.3 is 11.1 Å². The zero-order valence-corrected chi connectivity index (χ0v) is 12.1. The predicted molar refractivity (Wildman–Crippen MR) is 75.1 cm³/mol. The molecule has 0 aromatic rings. The highest BCUT2D eigenvalue weighted by atomic mass is 32.2. The standard InChI is InChI=1S/C13H26N2OS/c1-9-6-10(2)8-11(7-9)15-13(16)12(14)4-5-17-3/h9-12H,4-8,14H2,1-3H3,(H,15,16)/t9?,10?,11?,12-/m1/s1. The number of thioether (sulfide) groups is 1. The molecule has 0 radical (unpaired) electrons. The molecule has 2 unspecified atom stereocenters. The van der Waals surface area contributed by atoms with Crippen LogP contribution in [0.15, 0.2) is 0 Å². The van der Waals surface area contributed by atoms with Crippen LogP contribution in [0.3, 0.4) is 0 Å². The number of rotatable bonds is 5. The molecule has 0 saturated heterocycles. The van der Waals surface area contributed by atoms with Gasteiger partial charge in [0.05, 0.1) is 6.04 Å². The summed E-state index contributed by atoms with van der Waals surface area (Å²) in [6, 6.07) is -0.00318. The molecule has 3 nitrogen and oxygen atoms in total. The van der Waals surface area contributed by atoms with E-state index in [0.717, 1.165) is 25.0 Å². The van der Waals surface area contributed by atoms with Gasteiger partial charge in [-0.2, -0.15) is 11.8 Å². The number of amides is 1. The van der Waals surface area contributed by atoms with E-state index in [2.05, 4.69) is 19.2 Å². The van der Waals surface area contributed by atoms with Gasteiger partial charge in [-0.25, -0.2) is 0 Å². The van der Waals surface area contributed by atoms with E-state index in [0.29, 0.717) is 17.9 Å². The zero-order chi connectivity index (χ0) is 12.8. The topological polar surface area (TPSA) is 55.1 Å². The smallest absolute Gasteiger partial charge is 0.237 e. The van der Waals surface area contributed by atoms with Gasteiger partial charge in [0.1, 0.15) is 0 Å². The first-order valence-electron chi connectivity index (χ1n) is 6.57. The Morgan fingerprint density at radius 2 is 1.94 bits per heavy atom. The Kier molecular flexibility index (Phi) is 6.34. The normalized spacial score (nSPS) is 30.9. The molecule has 1 saturated carbocycles. The largest absolute Gasteiger partial charge is 0.352 e. The van der Waals surface area contributed by atoms with Gasteiger partial charge in [-0.3, -0.25) is 4.79 Å². The van der Waals surface area contributed by atoms with Gasteiger partial charge in [0.2, 0.25) is 5.91 Å². The summed E-state index contributed by atoms with van der Waals surface area (Å²) in [7, 11) is 0. The molecule has 100 valence electrons. The third kappa shape index (κ3) is 5.30. The van der Waals surface area contributed by atoms with Crippen molar-refractivity contribution < 1.29 is 4.79 Å². The minimum atomic E-state index is -0.338. The Morgan fingerprint density at radius 1 is 1.35 bits per heavy atom. The maximum Gasteiger partial charge on any atom is 0.237 e. The summed E-state index contributed by atoms with van der Waals surface area (Å²) in [5, 5.41) is 3.12. The van der Waals surface area contributed by atoms with E-state index < -0.39 is 0 Å².